The smallest absolute Gasteiger partial charge is 0.134 e. The van der Waals surface area contributed by atoms with Crippen molar-refractivity contribution in [2.75, 3.05) is 7.05 Å². The molecule has 1 aromatic heterocycles. The summed E-state index contributed by atoms with van der Waals surface area (Å²) in [5, 5.41) is 15.0. The van der Waals surface area contributed by atoms with Crippen molar-refractivity contribution in [3.63, 3.8) is 0 Å². The number of rotatable bonds is 5. The summed E-state index contributed by atoms with van der Waals surface area (Å²) in [6, 6.07) is 7.85. The number of likely N-dealkylation sites (N-methyl/N-ethyl adjacent to an activating group) is 1. The van der Waals surface area contributed by atoms with Crippen LogP contribution in [0.3, 0.4) is 0 Å². The second-order valence-corrected chi connectivity index (χ2v) is 4.95. The first-order valence-electron chi connectivity index (χ1n) is 6.47. The van der Waals surface area contributed by atoms with Crippen LogP contribution in [0.1, 0.15) is 32.3 Å². The molecular formula is C15H21NO2. The predicted molar refractivity (Wildman–Crippen MR) is 73.5 cm³/mol. The Kier molecular flexibility index (Phi) is 3.73. The first kappa shape index (κ1) is 13.1. The van der Waals surface area contributed by atoms with Gasteiger partial charge in [0.25, 0.3) is 0 Å². The molecule has 0 bridgehead atoms. The highest BCUT2D eigenvalue weighted by Gasteiger charge is 2.32. The third-order valence-corrected chi connectivity index (χ3v) is 3.64. The summed E-state index contributed by atoms with van der Waals surface area (Å²) in [6.07, 6.45) is 3.63. The van der Waals surface area contributed by atoms with Crippen LogP contribution in [-0.4, -0.2) is 18.2 Å². The molecule has 0 saturated carbocycles. The molecule has 0 radical (unpaired) electrons. The molecule has 18 heavy (non-hydrogen) atoms. The van der Waals surface area contributed by atoms with Gasteiger partial charge in [-0.2, -0.15) is 0 Å². The average Bonchev–Trinajstić information content (AvgIpc) is 2.82. The van der Waals surface area contributed by atoms with Gasteiger partial charge < -0.3 is 14.8 Å². The van der Waals surface area contributed by atoms with Crippen LogP contribution >= 0.6 is 0 Å². The van der Waals surface area contributed by atoms with Crippen LogP contribution in [-0.2, 0) is 5.60 Å². The third-order valence-electron chi connectivity index (χ3n) is 3.64. The highest BCUT2D eigenvalue weighted by molar-refractivity contribution is 5.77. The van der Waals surface area contributed by atoms with E-state index in [1.54, 1.807) is 6.26 Å². The zero-order chi connectivity index (χ0) is 13.2. The molecule has 3 heteroatoms. The molecular weight excluding hydrogens is 226 g/mol. The molecule has 0 saturated heterocycles. The maximum absolute atomic E-state index is 10.8. The fourth-order valence-corrected chi connectivity index (χ4v) is 2.47. The lowest BCUT2D eigenvalue weighted by Gasteiger charge is -2.33. The normalized spacial score (nSPS) is 16.7. The van der Waals surface area contributed by atoms with Crippen LogP contribution in [0.5, 0.6) is 0 Å². The van der Waals surface area contributed by atoms with Crippen molar-refractivity contribution in [2.45, 2.75) is 38.3 Å². The molecule has 0 aliphatic rings. The second kappa shape index (κ2) is 5.12. The van der Waals surface area contributed by atoms with Gasteiger partial charge in [-0.15, -0.1) is 0 Å². The van der Waals surface area contributed by atoms with Gasteiger partial charge in [0.2, 0.25) is 0 Å². The summed E-state index contributed by atoms with van der Waals surface area (Å²) in [4.78, 5) is 0. The van der Waals surface area contributed by atoms with E-state index in [1.165, 1.54) is 0 Å². The lowest BCUT2D eigenvalue weighted by Crippen LogP contribution is -2.45. The quantitative estimate of drug-likeness (QED) is 0.853. The van der Waals surface area contributed by atoms with Crippen molar-refractivity contribution in [3.8, 4) is 0 Å². The van der Waals surface area contributed by atoms with E-state index in [0.717, 1.165) is 29.4 Å². The van der Waals surface area contributed by atoms with E-state index in [1.807, 2.05) is 38.2 Å². The number of furan rings is 1. The van der Waals surface area contributed by atoms with Gasteiger partial charge in [0.1, 0.15) is 11.2 Å². The molecule has 0 fully saturated rings. The van der Waals surface area contributed by atoms with E-state index in [4.69, 9.17) is 4.42 Å². The van der Waals surface area contributed by atoms with E-state index in [0.29, 0.717) is 0 Å². The van der Waals surface area contributed by atoms with Crippen molar-refractivity contribution in [1.29, 1.82) is 0 Å². The molecule has 1 heterocycles. The Labute approximate surface area is 108 Å². The molecule has 2 N–H and O–H groups in total. The van der Waals surface area contributed by atoms with Crippen LogP contribution < -0.4 is 5.32 Å². The summed E-state index contributed by atoms with van der Waals surface area (Å²) < 4.78 is 5.40. The fraction of sp³-hybridized carbons (Fsp3) is 0.467. The Hall–Kier alpha value is -1.32. The first-order chi connectivity index (χ1) is 8.59. The number of hydrogen-bond acceptors (Lipinski definition) is 3. The minimum atomic E-state index is -0.897. The van der Waals surface area contributed by atoms with Crippen molar-refractivity contribution in [3.05, 3.63) is 36.1 Å². The number of hydrogen-bond donors (Lipinski definition) is 2. The molecule has 2 unspecified atom stereocenters. The van der Waals surface area contributed by atoms with Gasteiger partial charge in [-0.1, -0.05) is 25.5 Å². The standard InChI is InChI=1S/C15H21NO2/c1-4-5-14(16-3)15(2,17)12-7-6-11-8-9-18-13(11)10-12/h6-10,14,16-17H,4-5H2,1-3H3. The Morgan fingerprint density at radius 3 is 2.83 bits per heavy atom. The minimum absolute atomic E-state index is 0.0370. The SMILES string of the molecule is CCCC(NC)C(C)(O)c1ccc2ccoc2c1. The predicted octanol–water partition coefficient (Wildman–Crippen LogP) is 3.03. The van der Waals surface area contributed by atoms with E-state index < -0.39 is 5.60 Å². The molecule has 0 aliphatic heterocycles. The van der Waals surface area contributed by atoms with Gasteiger partial charge in [0, 0.05) is 11.4 Å². The zero-order valence-corrected chi connectivity index (χ0v) is 11.2. The molecule has 2 aromatic rings. The Bertz CT molecular complexity index is 516. The minimum Gasteiger partial charge on any atom is -0.464 e. The van der Waals surface area contributed by atoms with E-state index in [2.05, 4.69) is 12.2 Å². The van der Waals surface area contributed by atoms with Gasteiger partial charge in [0.05, 0.1) is 6.26 Å². The number of nitrogens with one attached hydrogen (secondary N) is 1. The van der Waals surface area contributed by atoms with Crippen molar-refractivity contribution < 1.29 is 9.52 Å². The number of fused-ring (bicyclic) bond motifs is 1. The highest BCUT2D eigenvalue weighted by Crippen LogP contribution is 2.29. The molecule has 1 aromatic carbocycles. The summed E-state index contributed by atoms with van der Waals surface area (Å²) >= 11 is 0. The van der Waals surface area contributed by atoms with Gasteiger partial charge in [0.15, 0.2) is 0 Å². The molecule has 2 atom stereocenters. The molecule has 0 aliphatic carbocycles. The lowest BCUT2D eigenvalue weighted by molar-refractivity contribution is 0.0144. The van der Waals surface area contributed by atoms with Crippen LogP contribution in [0.4, 0.5) is 0 Å². The van der Waals surface area contributed by atoms with Crippen LogP contribution in [0.15, 0.2) is 34.9 Å². The number of aliphatic hydroxyl groups is 1. The number of benzene rings is 1. The monoisotopic (exact) mass is 247 g/mol. The summed E-state index contributed by atoms with van der Waals surface area (Å²) in [6.45, 7) is 3.98. The third kappa shape index (κ3) is 2.28. The van der Waals surface area contributed by atoms with Gasteiger partial charge in [-0.05, 0) is 38.1 Å². The Balaban J connectivity index is 2.37. The van der Waals surface area contributed by atoms with Crippen molar-refractivity contribution in [1.82, 2.24) is 5.32 Å². The van der Waals surface area contributed by atoms with Crippen molar-refractivity contribution >= 4 is 11.0 Å². The van der Waals surface area contributed by atoms with E-state index >= 15 is 0 Å². The summed E-state index contributed by atoms with van der Waals surface area (Å²) in [5.74, 6) is 0. The molecule has 0 amide bonds. The zero-order valence-electron chi connectivity index (χ0n) is 11.2. The van der Waals surface area contributed by atoms with Crippen molar-refractivity contribution in [2.24, 2.45) is 0 Å². The van der Waals surface area contributed by atoms with E-state index in [9.17, 15) is 5.11 Å². The van der Waals surface area contributed by atoms with E-state index in [-0.39, 0.29) is 6.04 Å². The maximum atomic E-state index is 10.8. The highest BCUT2D eigenvalue weighted by atomic mass is 16.3. The molecule has 0 spiro atoms. The molecule has 98 valence electrons. The fourth-order valence-electron chi connectivity index (χ4n) is 2.47. The maximum Gasteiger partial charge on any atom is 0.134 e. The Morgan fingerprint density at radius 2 is 2.17 bits per heavy atom. The lowest BCUT2D eigenvalue weighted by atomic mass is 9.85. The summed E-state index contributed by atoms with van der Waals surface area (Å²) in [5.41, 5.74) is 0.808. The van der Waals surface area contributed by atoms with Crippen LogP contribution in [0, 0.1) is 0 Å². The Morgan fingerprint density at radius 1 is 1.39 bits per heavy atom. The van der Waals surface area contributed by atoms with Crippen LogP contribution in [0.25, 0.3) is 11.0 Å². The largest absolute Gasteiger partial charge is 0.464 e. The van der Waals surface area contributed by atoms with Crippen LogP contribution in [0.2, 0.25) is 0 Å². The molecule has 2 rings (SSSR count). The first-order valence-corrected chi connectivity index (χ1v) is 6.47. The summed E-state index contributed by atoms with van der Waals surface area (Å²) in [7, 11) is 1.89. The topological polar surface area (TPSA) is 45.4 Å². The van der Waals surface area contributed by atoms with Gasteiger partial charge in [-0.3, -0.25) is 0 Å². The molecule has 3 nitrogen and oxygen atoms in total. The van der Waals surface area contributed by atoms with Gasteiger partial charge >= 0.3 is 0 Å². The average molecular weight is 247 g/mol. The second-order valence-electron chi connectivity index (χ2n) is 4.95. The van der Waals surface area contributed by atoms with Gasteiger partial charge in [-0.25, -0.2) is 0 Å².